The molecule has 1 aromatic heterocycles. The Hall–Kier alpha value is -4.35. The number of amides is 1. The van der Waals surface area contributed by atoms with Crippen molar-refractivity contribution in [1.29, 1.82) is 5.26 Å². The van der Waals surface area contributed by atoms with E-state index >= 15 is 0 Å². The second kappa shape index (κ2) is 11.4. The quantitative estimate of drug-likeness (QED) is 0.298. The first kappa shape index (κ1) is 25.9. The standard InChI is InChI=1S/C31H29ClN6O2/c32-30-34-27-20-36(28-12-6-10-23-9-4-5-11-25(23)28)16-14-26(27)29(35-30)37-17-18-38(24(19-37)13-15-33)31(39)40-21-22-7-2-1-3-8-22/h1-12,24H,13-14,16-21H2/t24-/m0/s1. The van der Waals surface area contributed by atoms with Gasteiger partial charge in [0.2, 0.25) is 5.28 Å². The normalized spacial score (nSPS) is 16.9. The second-order valence-corrected chi connectivity index (χ2v) is 10.4. The lowest BCUT2D eigenvalue weighted by molar-refractivity contribution is 0.0768. The van der Waals surface area contributed by atoms with Gasteiger partial charge in [-0.25, -0.2) is 14.8 Å². The van der Waals surface area contributed by atoms with E-state index in [2.05, 4.69) is 68.3 Å². The molecule has 3 heterocycles. The number of hydrogen-bond donors (Lipinski definition) is 0. The van der Waals surface area contributed by atoms with Crippen LogP contribution in [0.2, 0.25) is 5.28 Å². The number of benzene rings is 3. The molecule has 0 saturated carbocycles. The molecular weight excluding hydrogens is 524 g/mol. The lowest BCUT2D eigenvalue weighted by atomic mass is 10.0. The highest BCUT2D eigenvalue weighted by molar-refractivity contribution is 6.28. The lowest BCUT2D eigenvalue weighted by Gasteiger charge is -2.41. The van der Waals surface area contributed by atoms with Crippen molar-refractivity contribution in [2.75, 3.05) is 36.0 Å². The Balaban J connectivity index is 1.20. The molecule has 0 unspecified atom stereocenters. The van der Waals surface area contributed by atoms with E-state index < -0.39 is 6.09 Å². The van der Waals surface area contributed by atoms with Crippen molar-refractivity contribution in [3.05, 3.63) is 94.9 Å². The zero-order chi connectivity index (χ0) is 27.5. The van der Waals surface area contributed by atoms with E-state index in [1.54, 1.807) is 4.90 Å². The van der Waals surface area contributed by atoms with Gasteiger partial charge in [-0.3, -0.25) is 0 Å². The van der Waals surface area contributed by atoms with E-state index in [4.69, 9.17) is 16.3 Å². The number of ether oxygens (including phenoxy) is 1. The SMILES string of the molecule is N#CC[C@H]1CN(c2nc(Cl)nc3c2CCN(c2cccc4ccccc24)C3)CCN1C(=O)OCc1ccccc1. The summed E-state index contributed by atoms with van der Waals surface area (Å²) in [6, 6.07) is 26.3. The minimum absolute atomic E-state index is 0.196. The van der Waals surface area contributed by atoms with E-state index in [-0.39, 0.29) is 24.4 Å². The molecule has 1 saturated heterocycles. The maximum atomic E-state index is 13.0. The van der Waals surface area contributed by atoms with Gasteiger partial charge in [0.25, 0.3) is 0 Å². The van der Waals surface area contributed by atoms with Crippen LogP contribution in [0.1, 0.15) is 23.2 Å². The summed E-state index contributed by atoms with van der Waals surface area (Å²) in [7, 11) is 0. The molecule has 1 amide bonds. The van der Waals surface area contributed by atoms with Gasteiger partial charge in [0.15, 0.2) is 0 Å². The van der Waals surface area contributed by atoms with Crippen LogP contribution in [0.25, 0.3) is 10.8 Å². The number of anilines is 2. The molecule has 3 aromatic carbocycles. The first-order chi connectivity index (χ1) is 19.6. The minimum atomic E-state index is -0.405. The molecule has 1 fully saturated rings. The number of hydrogen-bond acceptors (Lipinski definition) is 7. The molecule has 202 valence electrons. The third-order valence-electron chi connectivity index (χ3n) is 7.67. The first-order valence-corrected chi connectivity index (χ1v) is 13.9. The van der Waals surface area contributed by atoms with Crippen LogP contribution in [0.3, 0.4) is 0 Å². The number of nitrogens with zero attached hydrogens (tertiary/aromatic N) is 6. The summed E-state index contributed by atoms with van der Waals surface area (Å²) in [6.07, 6.45) is 0.567. The lowest BCUT2D eigenvalue weighted by Crippen LogP contribution is -2.55. The molecule has 0 spiro atoms. The maximum Gasteiger partial charge on any atom is 0.410 e. The van der Waals surface area contributed by atoms with E-state index in [9.17, 15) is 10.1 Å². The number of piperazine rings is 1. The highest BCUT2D eigenvalue weighted by Crippen LogP contribution is 2.34. The van der Waals surface area contributed by atoms with Crippen molar-refractivity contribution in [1.82, 2.24) is 14.9 Å². The molecule has 9 heteroatoms. The van der Waals surface area contributed by atoms with Gasteiger partial charge in [-0.15, -0.1) is 0 Å². The predicted octanol–water partition coefficient (Wildman–Crippen LogP) is 5.59. The van der Waals surface area contributed by atoms with Crippen LogP contribution in [-0.4, -0.2) is 53.2 Å². The fourth-order valence-electron chi connectivity index (χ4n) is 5.70. The Kier molecular flexibility index (Phi) is 7.39. The fourth-order valence-corrected chi connectivity index (χ4v) is 5.88. The maximum absolute atomic E-state index is 13.0. The Labute approximate surface area is 238 Å². The van der Waals surface area contributed by atoms with Crippen molar-refractivity contribution in [3.63, 3.8) is 0 Å². The van der Waals surface area contributed by atoms with Gasteiger partial charge < -0.3 is 19.4 Å². The third kappa shape index (κ3) is 5.25. The molecule has 0 aliphatic carbocycles. The number of carbonyl (C=O) groups is 1. The molecule has 1 atom stereocenters. The smallest absolute Gasteiger partial charge is 0.410 e. The Morgan fingerprint density at radius 3 is 2.62 bits per heavy atom. The summed E-state index contributed by atoms with van der Waals surface area (Å²) in [4.78, 5) is 28.4. The van der Waals surface area contributed by atoms with Crippen LogP contribution in [0.5, 0.6) is 0 Å². The van der Waals surface area contributed by atoms with Gasteiger partial charge in [0.1, 0.15) is 12.4 Å². The van der Waals surface area contributed by atoms with Crippen LogP contribution in [-0.2, 0) is 24.3 Å². The number of fused-ring (bicyclic) bond motifs is 2. The Bertz CT molecular complexity index is 1570. The molecule has 2 aliphatic heterocycles. The third-order valence-corrected chi connectivity index (χ3v) is 7.84. The number of aromatic nitrogens is 2. The van der Waals surface area contributed by atoms with Crippen molar-refractivity contribution in [3.8, 4) is 6.07 Å². The molecule has 4 aromatic rings. The molecule has 8 nitrogen and oxygen atoms in total. The van der Waals surface area contributed by atoms with E-state index in [0.29, 0.717) is 26.2 Å². The van der Waals surface area contributed by atoms with E-state index in [0.717, 1.165) is 35.6 Å². The highest BCUT2D eigenvalue weighted by Gasteiger charge is 2.34. The molecule has 0 N–H and O–H groups in total. The zero-order valence-electron chi connectivity index (χ0n) is 22.0. The van der Waals surface area contributed by atoms with E-state index in [1.165, 1.54) is 16.5 Å². The van der Waals surface area contributed by atoms with Gasteiger partial charge in [-0.2, -0.15) is 5.26 Å². The largest absolute Gasteiger partial charge is 0.445 e. The number of carbonyl (C=O) groups excluding carboxylic acids is 1. The van der Waals surface area contributed by atoms with Crippen molar-refractivity contribution in [2.45, 2.75) is 32.0 Å². The summed E-state index contributed by atoms with van der Waals surface area (Å²) in [5.41, 5.74) is 4.09. The van der Waals surface area contributed by atoms with Gasteiger partial charge in [0.05, 0.1) is 30.8 Å². The molecule has 40 heavy (non-hydrogen) atoms. The van der Waals surface area contributed by atoms with Crippen LogP contribution in [0.15, 0.2) is 72.8 Å². The molecule has 6 rings (SSSR count). The summed E-state index contributed by atoms with van der Waals surface area (Å²) in [5, 5.41) is 12.2. The van der Waals surface area contributed by atoms with Gasteiger partial charge in [-0.05, 0) is 35.0 Å². The zero-order valence-corrected chi connectivity index (χ0v) is 22.8. The average molecular weight is 553 g/mol. The monoisotopic (exact) mass is 552 g/mol. The fraction of sp³-hybridized carbons (Fsp3) is 0.290. The van der Waals surface area contributed by atoms with Crippen LogP contribution < -0.4 is 9.80 Å². The van der Waals surface area contributed by atoms with Crippen LogP contribution in [0, 0.1) is 11.3 Å². The van der Waals surface area contributed by atoms with Crippen molar-refractivity contribution >= 4 is 40.0 Å². The minimum Gasteiger partial charge on any atom is -0.445 e. The molecule has 0 bridgehead atoms. The van der Waals surface area contributed by atoms with Crippen LogP contribution >= 0.6 is 11.6 Å². The van der Waals surface area contributed by atoms with Gasteiger partial charge in [-0.1, -0.05) is 66.7 Å². The second-order valence-electron chi connectivity index (χ2n) is 10.1. The summed E-state index contributed by atoms with van der Waals surface area (Å²) < 4.78 is 5.59. The van der Waals surface area contributed by atoms with E-state index in [1.807, 2.05) is 30.3 Å². The van der Waals surface area contributed by atoms with Crippen LogP contribution in [0.4, 0.5) is 16.3 Å². The topological polar surface area (TPSA) is 85.6 Å². The Morgan fingerprint density at radius 1 is 0.975 bits per heavy atom. The highest BCUT2D eigenvalue weighted by atomic mass is 35.5. The number of halogens is 1. The summed E-state index contributed by atoms with van der Waals surface area (Å²) in [6.45, 7) is 3.12. The average Bonchev–Trinajstić information content (AvgIpc) is 2.99. The number of rotatable bonds is 5. The van der Waals surface area contributed by atoms with Crippen molar-refractivity contribution in [2.24, 2.45) is 0 Å². The molecule has 2 aliphatic rings. The summed E-state index contributed by atoms with van der Waals surface area (Å²) in [5.74, 6) is 0.799. The predicted molar refractivity (Wildman–Crippen MR) is 155 cm³/mol. The van der Waals surface area contributed by atoms with Gasteiger partial charge >= 0.3 is 6.09 Å². The van der Waals surface area contributed by atoms with Gasteiger partial charge in [0, 0.05) is 42.8 Å². The first-order valence-electron chi connectivity index (χ1n) is 13.5. The Morgan fingerprint density at radius 2 is 1.77 bits per heavy atom. The van der Waals surface area contributed by atoms with Crippen molar-refractivity contribution < 1.29 is 9.53 Å². The number of nitriles is 1. The molecule has 0 radical (unpaired) electrons. The molecular formula is C31H29ClN6O2. The summed E-state index contributed by atoms with van der Waals surface area (Å²) >= 11 is 6.46.